The van der Waals surface area contributed by atoms with Crippen LogP contribution in [0.4, 0.5) is 29.3 Å². The number of urea groups is 1. The second-order valence-corrected chi connectivity index (χ2v) is 9.14. The first-order valence-corrected chi connectivity index (χ1v) is 10.6. The molecule has 2 aromatic carbocycles. The number of fused-ring (bicyclic) bond motifs is 1. The summed E-state index contributed by atoms with van der Waals surface area (Å²) in [5, 5.41) is 0. The molecule has 2 fully saturated rings. The Hall–Kier alpha value is -2.75. The summed E-state index contributed by atoms with van der Waals surface area (Å²) in [5.41, 5.74) is -0.460. The van der Waals surface area contributed by atoms with Crippen molar-refractivity contribution in [2.45, 2.75) is 18.3 Å². The van der Waals surface area contributed by atoms with Gasteiger partial charge in [0.05, 0.1) is 36.3 Å². The zero-order valence-electron chi connectivity index (χ0n) is 15.3. The highest BCUT2D eigenvalue weighted by Crippen LogP contribution is 2.40. The molecule has 0 N–H and O–H groups in total. The van der Waals surface area contributed by atoms with Crippen LogP contribution < -0.4 is 14.5 Å². The van der Waals surface area contributed by atoms with Gasteiger partial charge in [0.25, 0.3) is 0 Å². The van der Waals surface area contributed by atoms with E-state index >= 15 is 0 Å². The first-order chi connectivity index (χ1) is 13.6. The van der Waals surface area contributed by atoms with Gasteiger partial charge in [-0.3, -0.25) is 9.80 Å². The van der Waals surface area contributed by atoms with Crippen LogP contribution in [0.1, 0.15) is 5.56 Å². The number of carbonyl (C=O) groups excluding carboxylic acids is 1. The number of hydrogen-bond donors (Lipinski definition) is 0. The smallest absolute Gasteiger partial charge is 0.416 e. The second-order valence-electron chi connectivity index (χ2n) is 6.98. The van der Waals surface area contributed by atoms with E-state index in [-0.39, 0.29) is 17.2 Å². The lowest BCUT2D eigenvalue weighted by atomic mass is 10.1. The maximum Gasteiger partial charge on any atom is 0.416 e. The average Bonchev–Trinajstić information content (AvgIpc) is 3.09. The van der Waals surface area contributed by atoms with E-state index in [2.05, 4.69) is 0 Å². The van der Waals surface area contributed by atoms with Gasteiger partial charge in [-0.15, -0.1) is 0 Å². The first kappa shape index (κ1) is 19.6. The van der Waals surface area contributed by atoms with Gasteiger partial charge in [-0.2, -0.15) is 13.2 Å². The third-order valence-corrected chi connectivity index (χ3v) is 6.85. The van der Waals surface area contributed by atoms with E-state index in [0.717, 1.165) is 17.0 Å². The molecule has 0 bridgehead atoms. The molecule has 2 atom stereocenters. The van der Waals surface area contributed by atoms with E-state index < -0.39 is 39.7 Å². The van der Waals surface area contributed by atoms with Crippen molar-refractivity contribution in [3.05, 3.63) is 54.1 Å². The third kappa shape index (κ3) is 3.41. The molecule has 2 aliphatic heterocycles. The number of ether oxygens (including phenoxy) is 1. The molecular weight excluding hydrogens is 409 g/mol. The summed E-state index contributed by atoms with van der Waals surface area (Å²) in [5.74, 6) is -0.0823. The molecule has 4 rings (SSSR count). The van der Waals surface area contributed by atoms with Crippen LogP contribution in [-0.2, 0) is 16.0 Å². The second kappa shape index (κ2) is 6.65. The lowest BCUT2D eigenvalue weighted by molar-refractivity contribution is -0.137. The van der Waals surface area contributed by atoms with Crippen molar-refractivity contribution in [2.24, 2.45) is 0 Å². The Bertz CT molecular complexity index is 1070. The lowest BCUT2D eigenvalue weighted by Gasteiger charge is -2.23. The molecule has 0 aromatic heterocycles. The number of hydrogen-bond acceptors (Lipinski definition) is 4. The maximum atomic E-state index is 13.2. The fourth-order valence-electron chi connectivity index (χ4n) is 3.90. The average molecular weight is 426 g/mol. The van der Waals surface area contributed by atoms with Crippen LogP contribution in [-0.4, -0.2) is 45.1 Å². The fraction of sp³-hybridized carbons (Fsp3) is 0.316. The third-order valence-electron chi connectivity index (χ3n) is 5.15. The molecule has 2 amide bonds. The zero-order valence-corrected chi connectivity index (χ0v) is 16.1. The number of sulfone groups is 1. The highest BCUT2D eigenvalue weighted by molar-refractivity contribution is 7.91. The number of benzene rings is 2. The first-order valence-electron chi connectivity index (χ1n) is 8.75. The molecule has 29 heavy (non-hydrogen) atoms. The Labute approximate surface area is 165 Å². The molecule has 154 valence electrons. The van der Waals surface area contributed by atoms with Crippen molar-refractivity contribution in [1.29, 1.82) is 0 Å². The topological polar surface area (TPSA) is 66.9 Å². The molecule has 0 unspecified atom stereocenters. The van der Waals surface area contributed by atoms with Crippen molar-refractivity contribution in [1.82, 2.24) is 0 Å². The van der Waals surface area contributed by atoms with E-state index in [0.29, 0.717) is 11.4 Å². The molecule has 2 aromatic rings. The Morgan fingerprint density at radius 2 is 1.52 bits per heavy atom. The maximum absolute atomic E-state index is 13.2. The summed E-state index contributed by atoms with van der Waals surface area (Å²) in [6.45, 7) is 0. The van der Waals surface area contributed by atoms with Crippen molar-refractivity contribution < 1.29 is 31.1 Å². The molecule has 6 nitrogen and oxygen atoms in total. The number of halogens is 3. The summed E-state index contributed by atoms with van der Waals surface area (Å²) < 4.78 is 69.2. The summed E-state index contributed by atoms with van der Waals surface area (Å²) in [6.07, 6.45) is -4.58. The van der Waals surface area contributed by atoms with Gasteiger partial charge in [0.1, 0.15) is 5.75 Å². The van der Waals surface area contributed by atoms with Crippen molar-refractivity contribution >= 4 is 27.2 Å². The molecule has 10 heteroatoms. The number of alkyl halides is 3. The predicted octanol–water partition coefficient (Wildman–Crippen LogP) is 3.33. The summed E-state index contributed by atoms with van der Waals surface area (Å²) in [6, 6.07) is 8.89. The molecule has 2 saturated heterocycles. The van der Waals surface area contributed by atoms with Crippen LogP contribution in [0.15, 0.2) is 48.5 Å². The summed E-state index contributed by atoms with van der Waals surface area (Å²) in [7, 11) is -1.99. The van der Waals surface area contributed by atoms with Crippen molar-refractivity contribution in [3.63, 3.8) is 0 Å². The molecular formula is C19H17F3N2O4S. The van der Waals surface area contributed by atoms with Crippen LogP contribution >= 0.6 is 0 Å². The summed E-state index contributed by atoms with van der Waals surface area (Å²) in [4.78, 5) is 15.7. The van der Waals surface area contributed by atoms with E-state index in [9.17, 15) is 26.4 Å². The minimum Gasteiger partial charge on any atom is -0.497 e. The van der Waals surface area contributed by atoms with Crippen molar-refractivity contribution in [3.8, 4) is 5.75 Å². The summed E-state index contributed by atoms with van der Waals surface area (Å²) >= 11 is 0. The van der Waals surface area contributed by atoms with Crippen LogP contribution in [0.5, 0.6) is 5.75 Å². The van der Waals surface area contributed by atoms with Gasteiger partial charge in [0, 0.05) is 17.4 Å². The Kier molecular flexibility index (Phi) is 4.49. The van der Waals surface area contributed by atoms with E-state index in [4.69, 9.17) is 4.74 Å². The zero-order chi connectivity index (χ0) is 21.0. The quantitative estimate of drug-likeness (QED) is 0.707. The van der Waals surface area contributed by atoms with Gasteiger partial charge in [0.15, 0.2) is 9.84 Å². The van der Waals surface area contributed by atoms with Gasteiger partial charge < -0.3 is 4.74 Å². The monoisotopic (exact) mass is 426 g/mol. The highest BCUT2D eigenvalue weighted by atomic mass is 32.2. The molecule has 2 heterocycles. The Morgan fingerprint density at radius 3 is 2.07 bits per heavy atom. The van der Waals surface area contributed by atoms with Gasteiger partial charge in [-0.1, -0.05) is 12.1 Å². The molecule has 0 radical (unpaired) electrons. The van der Waals surface area contributed by atoms with Crippen LogP contribution in [0.25, 0.3) is 0 Å². The van der Waals surface area contributed by atoms with Crippen LogP contribution in [0.2, 0.25) is 0 Å². The largest absolute Gasteiger partial charge is 0.497 e. The minimum atomic E-state index is -4.58. The normalized spacial score (nSPS) is 23.4. The Balaban J connectivity index is 1.80. The van der Waals surface area contributed by atoms with Gasteiger partial charge >= 0.3 is 12.2 Å². The van der Waals surface area contributed by atoms with E-state index in [1.165, 1.54) is 24.1 Å². The van der Waals surface area contributed by atoms with Gasteiger partial charge in [-0.25, -0.2) is 13.2 Å². The molecule has 0 aliphatic carbocycles. The number of amides is 2. The van der Waals surface area contributed by atoms with Gasteiger partial charge in [0.2, 0.25) is 0 Å². The molecule has 0 saturated carbocycles. The Morgan fingerprint density at radius 1 is 0.966 bits per heavy atom. The SMILES string of the molecule is COc1cccc(N2C(=O)N(c3cccc(C(F)(F)F)c3)[C@H]3CS(=O)(=O)C[C@@H]32)c1. The standard InChI is InChI=1S/C19H17F3N2O4S/c1-28-15-7-3-6-14(9-15)24-17-11-29(26,27)10-16(17)23(18(24)25)13-5-2-4-12(8-13)19(20,21)22/h2-9,16-17H,10-11H2,1H3/t16-,17-/m0/s1. The number of methoxy groups -OCH3 is 1. The minimum absolute atomic E-state index is 0.0160. The predicted molar refractivity (Wildman–Crippen MR) is 101 cm³/mol. The number of carbonyl (C=O) groups is 1. The van der Waals surface area contributed by atoms with Gasteiger partial charge in [-0.05, 0) is 30.3 Å². The van der Waals surface area contributed by atoms with Crippen molar-refractivity contribution in [2.75, 3.05) is 28.4 Å². The van der Waals surface area contributed by atoms with E-state index in [1.807, 2.05) is 0 Å². The molecule has 0 spiro atoms. The lowest BCUT2D eigenvalue weighted by Crippen LogP contribution is -2.38. The number of nitrogens with zero attached hydrogens (tertiary/aromatic N) is 2. The fourth-order valence-corrected chi connectivity index (χ4v) is 5.82. The molecule has 2 aliphatic rings. The van der Waals surface area contributed by atoms with E-state index in [1.54, 1.807) is 24.3 Å². The highest BCUT2D eigenvalue weighted by Gasteiger charge is 2.54. The van der Waals surface area contributed by atoms with Crippen LogP contribution in [0.3, 0.4) is 0 Å². The number of rotatable bonds is 3. The number of anilines is 2. The van der Waals surface area contributed by atoms with Crippen LogP contribution in [0, 0.1) is 0 Å².